The molecule has 1 amide bonds. The van der Waals surface area contributed by atoms with Gasteiger partial charge in [0.05, 0.1) is 7.11 Å². The van der Waals surface area contributed by atoms with Gasteiger partial charge in [-0.05, 0) is 62.8 Å². The number of ether oxygens (including phenoxy) is 2. The van der Waals surface area contributed by atoms with Crippen molar-refractivity contribution in [1.82, 2.24) is 4.90 Å². The third kappa shape index (κ3) is 5.22. The maximum atomic E-state index is 13.5. The van der Waals surface area contributed by atoms with Crippen LogP contribution in [-0.4, -0.2) is 59.9 Å². The van der Waals surface area contributed by atoms with E-state index < -0.39 is 23.6 Å². The van der Waals surface area contributed by atoms with Crippen LogP contribution in [0.2, 0.25) is 0 Å². The Bertz CT molecular complexity index is 1070. The van der Waals surface area contributed by atoms with Crippen LogP contribution < -0.4 is 4.74 Å². The van der Waals surface area contributed by atoms with E-state index in [4.69, 9.17) is 9.47 Å². The molecule has 0 aliphatic carbocycles. The minimum atomic E-state index is -1.38. The summed E-state index contributed by atoms with van der Waals surface area (Å²) in [4.78, 5) is 40.0. The lowest BCUT2D eigenvalue weighted by Crippen LogP contribution is -2.38. The molecule has 1 fully saturated rings. The van der Waals surface area contributed by atoms with Crippen LogP contribution >= 0.6 is 11.8 Å². The Kier molecular flexibility index (Phi) is 7.60. The highest BCUT2D eigenvalue weighted by atomic mass is 32.2. The molecule has 182 valence electrons. The Morgan fingerprint density at radius 2 is 1.65 bits per heavy atom. The van der Waals surface area contributed by atoms with Gasteiger partial charge in [0.2, 0.25) is 0 Å². The minimum Gasteiger partial charge on any atom is -0.478 e. The third-order valence-electron chi connectivity index (χ3n) is 6.25. The van der Waals surface area contributed by atoms with Crippen LogP contribution in [0.25, 0.3) is 0 Å². The summed E-state index contributed by atoms with van der Waals surface area (Å²) >= 11 is 1.61. The van der Waals surface area contributed by atoms with Gasteiger partial charge >= 0.3 is 12.1 Å². The van der Waals surface area contributed by atoms with Crippen molar-refractivity contribution in [2.45, 2.75) is 44.1 Å². The number of carbonyl (C=O) groups excluding carboxylic acids is 2. The van der Waals surface area contributed by atoms with Gasteiger partial charge in [-0.2, -0.15) is 0 Å². The molecule has 1 aliphatic rings. The number of likely N-dealkylation sites (tertiary alicyclic amines) is 1. The van der Waals surface area contributed by atoms with Crippen molar-refractivity contribution in [3.63, 3.8) is 0 Å². The second-order valence-corrected chi connectivity index (χ2v) is 9.96. The van der Waals surface area contributed by atoms with Gasteiger partial charge in [-0.25, -0.2) is 9.59 Å². The molecule has 2 aromatic carbocycles. The van der Waals surface area contributed by atoms with Crippen molar-refractivity contribution in [2.75, 3.05) is 26.5 Å². The Hall–Kier alpha value is -3.00. The number of rotatable bonds is 7. The number of hydrogen-bond acceptors (Lipinski definition) is 6. The summed E-state index contributed by atoms with van der Waals surface area (Å²) < 4.78 is 10.8. The lowest BCUT2D eigenvalue weighted by Gasteiger charge is -2.26. The Balaban J connectivity index is 1.97. The van der Waals surface area contributed by atoms with E-state index in [1.54, 1.807) is 16.7 Å². The first kappa shape index (κ1) is 25.6. The first-order chi connectivity index (χ1) is 16.0. The smallest absolute Gasteiger partial charge is 0.409 e. The maximum absolute atomic E-state index is 13.5. The highest BCUT2D eigenvalue weighted by Gasteiger charge is 2.41. The Labute approximate surface area is 204 Å². The number of carboxylic acids is 1. The Morgan fingerprint density at radius 3 is 2.15 bits per heavy atom. The average molecular weight is 486 g/mol. The zero-order chi connectivity index (χ0) is 25.2. The summed E-state index contributed by atoms with van der Waals surface area (Å²) in [6.45, 7) is 7.34. The molecular weight excluding hydrogens is 454 g/mol. The normalized spacial score (nSPS) is 18.0. The van der Waals surface area contributed by atoms with Gasteiger partial charge in [0.15, 0.2) is 11.4 Å². The predicted molar refractivity (Wildman–Crippen MR) is 131 cm³/mol. The fourth-order valence-electron chi connectivity index (χ4n) is 4.31. The topological polar surface area (TPSA) is 93.1 Å². The minimum absolute atomic E-state index is 0.0216. The number of aryl methyl sites for hydroxylation is 2. The summed E-state index contributed by atoms with van der Waals surface area (Å²) in [7, 11) is 1.33. The van der Waals surface area contributed by atoms with Gasteiger partial charge in [0.1, 0.15) is 5.75 Å². The third-order valence-corrected chi connectivity index (χ3v) is 6.99. The SMILES string of the molecule is COC(=O)N1C[C@H](C(=O)c2ccc(SC)cc2)[C@@H](c2cc(C)c(OC(C)(C)C(=O)O)c(C)c2)C1. The van der Waals surface area contributed by atoms with Crippen molar-refractivity contribution < 1.29 is 29.0 Å². The molecule has 0 saturated carbocycles. The van der Waals surface area contributed by atoms with Crippen molar-refractivity contribution in [3.05, 3.63) is 58.7 Å². The van der Waals surface area contributed by atoms with Gasteiger partial charge in [-0.1, -0.05) is 24.3 Å². The molecule has 0 radical (unpaired) electrons. The number of benzene rings is 2. The number of amides is 1. The molecule has 1 heterocycles. The lowest BCUT2D eigenvalue weighted by atomic mass is 9.82. The molecule has 3 rings (SSSR count). The number of carbonyl (C=O) groups is 3. The van der Waals surface area contributed by atoms with E-state index in [9.17, 15) is 19.5 Å². The molecule has 0 bridgehead atoms. The maximum Gasteiger partial charge on any atom is 0.409 e. The van der Waals surface area contributed by atoms with Gasteiger partial charge < -0.3 is 19.5 Å². The number of methoxy groups -OCH3 is 1. The molecule has 8 heteroatoms. The standard InChI is InChI=1S/C26H31NO6S/c1-15-11-18(12-16(2)23(15)33-26(3,4)24(29)30)20-13-27(25(31)32-5)14-21(20)22(28)17-7-9-19(34-6)10-8-17/h7-12,20-21H,13-14H2,1-6H3,(H,29,30)/t20-,21+/m1/s1. The molecule has 0 unspecified atom stereocenters. The van der Waals surface area contributed by atoms with Crippen LogP contribution in [0.5, 0.6) is 5.75 Å². The van der Waals surface area contributed by atoms with E-state index in [2.05, 4.69) is 0 Å². The largest absolute Gasteiger partial charge is 0.478 e. The molecule has 2 aromatic rings. The fourth-order valence-corrected chi connectivity index (χ4v) is 4.72. The van der Waals surface area contributed by atoms with Crippen LogP contribution in [0.1, 0.15) is 46.8 Å². The molecule has 2 atom stereocenters. The first-order valence-corrected chi connectivity index (χ1v) is 12.3. The van der Waals surface area contributed by atoms with Crippen molar-refractivity contribution in [2.24, 2.45) is 5.92 Å². The van der Waals surface area contributed by atoms with Crippen LogP contribution in [0.15, 0.2) is 41.3 Å². The number of thioether (sulfide) groups is 1. The number of nitrogens with zero attached hydrogens (tertiary/aromatic N) is 1. The van der Waals surface area contributed by atoms with Crippen LogP contribution in [0, 0.1) is 19.8 Å². The van der Waals surface area contributed by atoms with Gasteiger partial charge in [0.25, 0.3) is 0 Å². The fraction of sp³-hybridized carbons (Fsp3) is 0.423. The highest BCUT2D eigenvalue weighted by Crippen LogP contribution is 2.39. The molecule has 7 nitrogen and oxygen atoms in total. The summed E-state index contributed by atoms with van der Waals surface area (Å²) in [5.41, 5.74) is 1.68. The molecule has 34 heavy (non-hydrogen) atoms. The first-order valence-electron chi connectivity index (χ1n) is 11.0. The summed E-state index contributed by atoms with van der Waals surface area (Å²) in [5.74, 6) is -1.23. The van der Waals surface area contributed by atoms with Gasteiger partial charge in [0, 0.05) is 35.4 Å². The quantitative estimate of drug-likeness (QED) is 0.439. The van der Waals surface area contributed by atoms with E-state index >= 15 is 0 Å². The molecule has 1 aliphatic heterocycles. The van der Waals surface area contributed by atoms with Crippen molar-refractivity contribution in [3.8, 4) is 5.75 Å². The van der Waals surface area contributed by atoms with E-state index in [0.717, 1.165) is 21.6 Å². The highest BCUT2D eigenvalue weighted by molar-refractivity contribution is 7.98. The van der Waals surface area contributed by atoms with Crippen LogP contribution in [-0.2, 0) is 9.53 Å². The molecule has 0 spiro atoms. The number of Topliss-reactive ketones (excluding diaryl/α,β-unsaturated/α-hetero) is 1. The van der Waals surface area contributed by atoms with E-state index in [0.29, 0.717) is 17.9 Å². The molecular formula is C26H31NO6S. The van der Waals surface area contributed by atoms with Crippen LogP contribution in [0.3, 0.4) is 0 Å². The summed E-state index contributed by atoms with van der Waals surface area (Å²) in [5, 5.41) is 9.44. The monoisotopic (exact) mass is 485 g/mol. The summed E-state index contributed by atoms with van der Waals surface area (Å²) in [6.07, 6.45) is 1.52. The van der Waals surface area contributed by atoms with E-state index in [-0.39, 0.29) is 18.2 Å². The van der Waals surface area contributed by atoms with E-state index in [1.165, 1.54) is 21.0 Å². The number of ketones is 1. The molecule has 1 N–H and O–H groups in total. The average Bonchev–Trinajstić information content (AvgIpc) is 3.25. The van der Waals surface area contributed by atoms with Gasteiger partial charge in [-0.15, -0.1) is 11.8 Å². The van der Waals surface area contributed by atoms with E-state index in [1.807, 2.05) is 56.5 Å². The zero-order valence-corrected chi connectivity index (χ0v) is 21.2. The summed E-state index contributed by atoms with van der Waals surface area (Å²) in [6, 6.07) is 11.3. The van der Waals surface area contributed by atoms with Gasteiger partial charge in [-0.3, -0.25) is 4.79 Å². The molecule has 0 aromatic heterocycles. The van der Waals surface area contributed by atoms with Crippen LogP contribution in [0.4, 0.5) is 4.79 Å². The number of hydrogen-bond donors (Lipinski definition) is 1. The molecule has 1 saturated heterocycles. The second-order valence-electron chi connectivity index (χ2n) is 9.08. The predicted octanol–water partition coefficient (Wildman–Crippen LogP) is 4.93. The number of carboxylic acid groups (broad SMARTS) is 1. The Morgan fingerprint density at radius 1 is 1.06 bits per heavy atom. The van der Waals surface area contributed by atoms with Crippen molar-refractivity contribution in [1.29, 1.82) is 0 Å². The lowest BCUT2D eigenvalue weighted by molar-refractivity contribution is -0.152. The number of aliphatic carboxylic acids is 1. The second kappa shape index (κ2) is 10.1. The zero-order valence-electron chi connectivity index (χ0n) is 20.4. The van der Waals surface area contributed by atoms with Crippen molar-refractivity contribution >= 4 is 29.6 Å².